The van der Waals surface area contributed by atoms with Crippen molar-refractivity contribution in [1.82, 2.24) is 15.5 Å². The minimum absolute atomic E-state index is 0. The molecule has 1 fully saturated rings. The Morgan fingerprint density at radius 2 is 1.89 bits per heavy atom. The number of aryl methyl sites for hydroxylation is 1. The first-order valence-electron chi connectivity index (χ1n) is 9.18. The molecule has 1 saturated heterocycles. The Bertz CT molecular complexity index is 832. The van der Waals surface area contributed by atoms with Crippen LogP contribution in [0.4, 0.5) is 0 Å². The fourth-order valence-electron chi connectivity index (χ4n) is 3.27. The first-order chi connectivity index (χ1) is 12.9. The number of halogens is 1. The smallest absolute Gasteiger partial charge is 0.226 e. The molecular weight excluding hydrogens is 362 g/mol. The number of hydrogen-bond donors (Lipinski definition) is 1. The summed E-state index contributed by atoms with van der Waals surface area (Å²) in [6.07, 6.45) is 3.14. The van der Waals surface area contributed by atoms with Gasteiger partial charge in [-0.3, -0.25) is 0 Å². The van der Waals surface area contributed by atoms with E-state index in [9.17, 15) is 0 Å². The average Bonchev–Trinajstić information content (AvgIpc) is 3.38. The van der Waals surface area contributed by atoms with Crippen molar-refractivity contribution in [2.24, 2.45) is 5.92 Å². The molecule has 1 N–H and O–H groups in total. The lowest BCUT2D eigenvalue weighted by Crippen LogP contribution is -2.09. The van der Waals surface area contributed by atoms with E-state index in [2.05, 4.69) is 15.5 Å². The van der Waals surface area contributed by atoms with Gasteiger partial charge in [0, 0.05) is 6.42 Å². The summed E-state index contributed by atoms with van der Waals surface area (Å²) in [5.41, 5.74) is 1.99. The summed E-state index contributed by atoms with van der Waals surface area (Å²) in [5, 5.41) is 7.56. The first-order valence-corrected chi connectivity index (χ1v) is 9.18. The molecule has 5 nitrogen and oxygen atoms in total. The molecule has 3 aromatic rings. The molecule has 142 valence electrons. The number of para-hydroxylation sites is 1. The molecule has 2 aromatic carbocycles. The molecule has 1 unspecified atom stereocenters. The van der Waals surface area contributed by atoms with Crippen molar-refractivity contribution >= 4 is 12.4 Å². The summed E-state index contributed by atoms with van der Waals surface area (Å²) in [4.78, 5) is 4.58. The third-order valence-corrected chi connectivity index (χ3v) is 4.76. The van der Waals surface area contributed by atoms with E-state index in [4.69, 9.17) is 9.26 Å². The second-order valence-electron chi connectivity index (χ2n) is 6.68. The maximum atomic E-state index is 6.00. The first kappa shape index (κ1) is 19.4. The second-order valence-corrected chi connectivity index (χ2v) is 6.68. The van der Waals surface area contributed by atoms with Gasteiger partial charge in [0.2, 0.25) is 11.7 Å². The zero-order chi connectivity index (χ0) is 17.6. The number of ether oxygens (including phenoxy) is 1. The Morgan fingerprint density at radius 3 is 2.70 bits per heavy atom. The summed E-state index contributed by atoms with van der Waals surface area (Å²) in [6.45, 7) is 2.72. The zero-order valence-electron chi connectivity index (χ0n) is 15.1. The molecule has 1 aliphatic heterocycles. The number of rotatable bonds is 7. The van der Waals surface area contributed by atoms with Gasteiger partial charge in [0.15, 0.2) is 0 Å². The van der Waals surface area contributed by atoms with Crippen LogP contribution in [0.1, 0.15) is 24.3 Å². The summed E-state index contributed by atoms with van der Waals surface area (Å²) in [6, 6.07) is 17.9. The van der Waals surface area contributed by atoms with Crippen LogP contribution in [0.2, 0.25) is 0 Å². The molecule has 0 spiro atoms. The molecule has 0 aliphatic carbocycles. The van der Waals surface area contributed by atoms with E-state index < -0.39 is 0 Å². The monoisotopic (exact) mass is 385 g/mol. The van der Waals surface area contributed by atoms with Crippen molar-refractivity contribution in [2.75, 3.05) is 13.1 Å². The lowest BCUT2D eigenvalue weighted by Gasteiger charge is -2.09. The summed E-state index contributed by atoms with van der Waals surface area (Å²) in [7, 11) is 0. The van der Waals surface area contributed by atoms with E-state index in [1.54, 1.807) is 0 Å². The molecule has 1 aromatic heterocycles. The van der Waals surface area contributed by atoms with Crippen LogP contribution in [0.3, 0.4) is 0 Å². The number of benzene rings is 2. The predicted molar refractivity (Wildman–Crippen MR) is 107 cm³/mol. The van der Waals surface area contributed by atoms with Crippen molar-refractivity contribution in [2.45, 2.75) is 25.9 Å². The molecule has 1 atom stereocenters. The second kappa shape index (κ2) is 9.53. The van der Waals surface area contributed by atoms with Crippen molar-refractivity contribution in [3.63, 3.8) is 0 Å². The normalized spacial score (nSPS) is 16.1. The van der Waals surface area contributed by atoms with Gasteiger partial charge in [-0.05, 0) is 49.5 Å². The molecule has 0 saturated carbocycles. The lowest BCUT2D eigenvalue weighted by atomic mass is 10.0. The maximum absolute atomic E-state index is 6.00. The highest BCUT2D eigenvalue weighted by molar-refractivity contribution is 5.85. The predicted octanol–water partition coefficient (Wildman–Crippen LogP) is 4.28. The Morgan fingerprint density at radius 1 is 1.07 bits per heavy atom. The highest BCUT2D eigenvalue weighted by Gasteiger charge is 2.17. The largest absolute Gasteiger partial charge is 0.488 e. The maximum Gasteiger partial charge on any atom is 0.226 e. The van der Waals surface area contributed by atoms with Gasteiger partial charge in [-0.25, -0.2) is 0 Å². The topological polar surface area (TPSA) is 60.2 Å². The van der Waals surface area contributed by atoms with Crippen molar-refractivity contribution < 1.29 is 9.26 Å². The molecule has 2 heterocycles. The average molecular weight is 386 g/mol. The third-order valence-electron chi connectivity index (χ3n) is 4.76. The van der Waals surface area contributed by atoms with E-state index in [1.165, 1.54) is 6.42 Å². The van der Waals surface area contributed by atoms with Gasteiger partial charge < -0.3 is 14.6 Å². The number of hydrogen-bond acceptors (Lipinski definition) is 5. The standard InChI is InChI=1S/C21H23N3O2.ClH/c1-2-6-17(7-3-1)15-25-19-9-5-4-8-18(19)21-23-20(26-24-21)11-10-16-12-13-22-14-16;/h1-9,16,22H,10-15H2;1H. The van der Waals surface area contributed by atoms with Gasteiger partial charge in [-0.15, -0.1) is 12.4 Å². The van der Waals surface area contributed by atoms with Gasteiger partial charge in [-0.2, -0.15) is 4.98 Å². The molecule has 4 rings (SSSR count). The van der Waals surface area contributed by atoms with E-state index in [-0.39, 0.29) is 12.4 Å². The Balaban J connectivity index is 0.00000210. The van der Waals surface area contributed by atoms with Gasteiger partial charge >= 0.3 is 0 Å². The van der Waals surface area contributed by atoms with Crippen molar-refractivity contribution in [3.8, 4) is 17.1 Å². The number of aromatic nitrogens is 2. The van der Waals surface area contributed by atoms with Gasteiger partial charge in [0.1, 0.15) is 12.4 Å². The summed E-state index contributed by atoms with van der Waals surface area (Å²) < 4.78 is 11.5. The van der Waals surface area contributed by atoms with Crippen molar-refractivity contribution in [3.05, 3.63) is 66.1 Å². The minimum atomic E-state index is 0. The van der Waals surface area contributed by atoms with Crippen LogP contribution in [-0.4, -0.2) is 23.2 Å². The third kappa shape index (κ3) is 5.08. The van der Waals surface area contributed by atoms with Crippen LogP contribution in [0.15, 0.2) is 59.1 Å². The minimum Gasteiger partial charge on any atom is -0.488 e. The zero-order valence-corrected chi connectivity index (χ0v) is 16.0. The molecule has 0 amide bonds. The summed E-state index contributed by atoms with van der Waals surface area (Å²) >= 11 is 0. The van der Waals surface area contributed by atoms with Crippen LogP contribution in [0.25, 0.3) is 11.4 Å². The summed E-state index contributed by atoms with van der Waals surface area (Å²) in [5.74, 6) is 2.77. The molecule has 27 heavy (non-hydrogen) atoms. The van der Waals surface area contributed by atoms with Crippen molar-refractivity contribution in [1.29, 1.82) is 0 Å². The Kier molecular flexibility index (Phi) is 6.85. The van der Waals surface area contributed by atoms with Gasteiger partial charge in [0.25, 0.3) is 0 Å². The molecule has 0 bridgehead atoms. The van der Waals surface area contributed by atoms with E-state index in [1.807, 2.05) is 54.6 Å². The fraction of sp³-hybridized carbons (Fsp3) is 0.333. The molecule has 6 heteroatoms. The quantitative estimate of drug-likeness (QED) is 0.657. The van der Waals surface area contributed by atoms with Gasteiger partial charge in [0.05, 0.1) is 5.56 Å². The van der Waals surface area contributed by atoms with Crippen LogP contribution in [-0.2, 0) is 13.0 Å². The van der Waals surface area contributed by atoms with Crippen LogP contribution < -0.4 is 10.1 Å². The number of nitrogens with one attached hydrogen (secondary N) is 1. The van der Waals surface area contributed by atoms with E-state index in [0.29, 0.717) is 24.2 Å². The SMILES string of the molecule is Cl.c1ccc(COc2ccccc2-c2noc(CCC3CCNC3)n2)cc1. The Labute approximate surface area is 165 Å². The van der Waals surface area contributed by atoms with Crippen LogP contribution >= 0.6 is 12.4 Å². The lowest BCUT2D eigenvalue weighted by molar-refractivity contribution is 0.307. The van der Waals surface area contributed by atoms with Crippen LogP contribution in [0, 0.1) is 5.92 Å². The fourth-order valence-corrected chi connectivity index (χ4v) is 3.27. The van der Waals surface area contributed by atoms with E-state index in [0.717, 1.165) is 42.8 Å². The van der Waals surface area contributed by atoms with Crippen LogP contribution in [0.5, 0.6) is 5.75 Å². The molecular formula is C21H24ClN3O2. The van der Waals surface area contributed by atoms with Gasteiger partial charge in [-0.1, -0.05) is 47.6 Å². The number of nitrogens with zero attached hydrogens (tertiary/aromatic N) is 2. The highest BCUT2D eigenvalue weighted by atomic mass is 35.5. The highest BCUT2D eigenvalue weighted by Crippen LogP contribution is 2.28. The molecule has 0 radical (unpaired) electrons. The van der Waals surface area contributed by atoms with E-state index >= 15 is 0 Å². The molecule has 1 aliphatic rings. The Hall–Kier alpha value is -2.37.